The van der Waals surface area contributed by atoms with Crippen molar-refractivity contribution in [2.24, 2.45) is 0 Å². The lowest BCUT2D eigenvalue weighted by atomic mass is 10.1. The first-order valence-corrected chi connectivity index (χ1v) is 9.15. The zero-order chi connectivity index (χ0) is 18.4. The molecule has 0 atom stereocenters. The van der Waals surface area contributed by atoms with E-state index in [2.05, 4.69) is 34.3 Å². The number of carbonyl (C=O) groups is 1. The zero-order valence-corrected chi connectivity index (χ0v) is 15.5. The molecule has 1 amide bonds. The van der Waals surface area contributed by atoms with Crippen LogP contribution in [-0.2, 0) is 11.3 Å². The van der Waals surface area contributed by atoms with E-state index in [1.165, 1.54) is 10.9 Å². The molecule has 0 aliphatic rings. The van der Waals surface area contributed by atoms with Crippen LogP contribution in [0.5, 0.6) is 5.75 Å². The van der Waals surface area contributed by atoms with Gasteiger partial charge in [0.1, 0.15) is 5.75 Å². The van der Waals surface area contributed by atoms with Gasteiger partial charge in [0.25, 0.3) is 0 Å². The minimum Gasteiger partial charge on any atom is -0.493 e. The Labute approximate surface area is 154 Å². The number of benzene rings is 2. The Balaban J connectivity index is 1.37. The second-order valence-corrected chi connectivity index (χ2v) is 6.59. The van der Waals surface area contributed by atoms with Gasteiger partial charge in [0.05, 0.1) is 6.61 Å². The summed E-state index contributed by atoms with van der Waals surface area (Å²) >= 11 is 0. The lowest BCUT2D eigenvalue weighted by Crippen LogP contribution is -2.27. The molecule has 0 radical (unpaired) electrons. The summed E-state index contributed by atoms with van der Waals surface area (Å²) in [6, 6.07) is 16.5. The number of aryl methyl sites for hydroxylation is 2. The summed E-state index contributed by atoms with van der Waals surface area (Å²) in [6.45, 7) is 6.05. The molecule has 0 aliphatic carbocycles. The highest BCUT2D eigenvalue weighted by Gasteiger charge is 2.05. The second-order valence-electron chi connectivity index (χ2n) is 6.59. The summed E-state index contributed by atoms with van der Waals surface area (Å²) in [5, 5.41) is 4.22. The Kier molecular flexibility index (Phi) is 5.95. The van der Waals surface area contributed by atoms with E-state index < -0.39 is 0 Å². The largest absolute Gasteiger partial charge is 0.493 e. The average molecular weight is 350 g/mol. The number of nitrogens with one attached hydrogen (secondary N) is 1. The van der Waals surface area contributed by atoms with Crippen LogP contribution < -0.4 is 10.1 Å². The number of hydrogen-bond acceptors (Lipinski definition) is 2. The molecule has 26 heavy (non-hydrogen) atoms. The fourth-order valence-electron chi connectivity index (χ4n) is 3.17. The number of para-hydroxylation sites is 2. The van der Waals surface area contributed by atoms with Gasteiger partial charge in [0.2, 0.25) is 5.91 Å². The molecule has 2 aromatic carbocycles. The topological polar surface area (TPSA) is 43.3 Å². The van der Waals surface area contributed by atoms with Gasteiger partial charge < -0.3 is 14.6 Å². The van der Waals surface area contributed by atoms with Crippen LogP contribution in [0.4, 0.5) is 0 Å². The van der Waals surface area contributed by atoms with Crippen molar-refractivity contribution in [2.75, 3.05) is 13.2 Å². The van der Waals surface area contributed by atoms with Crippen molar-refractivity contribution in [1.82, 2.24) is 9.88 Å². The molecule has 0 unspecified atom stereocenters. The molecule has 0 aliphatic heterocycles. The number of nitrogens with zero attached hydrogens (tertiary/aromatic N) is 1. The molecule has 4 heteroatoms. The standard InChI is InChI=1S/C22H26N2O2/c1-17-7-5-8-18(2)22(17)26-16-6-11-21(25)23-13-15-24-14-12-19-9-3-4-10-20(19)24/h3-5,7-10,12,14H,6,11,13,15-16H2,1-2H3,(H,23,25). The molecule has 1 N–H and O–H groups in total. The summed E-state index contributed by atoms with van der Waals surface area (Å²) in [6.07, 6.45) is 3.26. The minimum absolute atomic E-state index is 0.0755. The summed E-state index contributed by atoms with van der Waals surface area (Å²) in [4.78, 5) is 12.0. The van der Waals surface area contributed by atoms with Gasteiger partial charge in [-0.3, -0.25) is 4.79 Å². The van der Waals surface area contributed by atoms with E-state index in [1.54, 1.807) is 0 Å². The number of carbonyl (C=O) groups excluding carboxylic acids is 1. The summed E-state index contributed by atoms with van der Waals surface area (Å²) in [5.74, 6) is 1.01. The fourth-order valence-corrected chi connectivity index (χ4v) is 3.17. The lowest BCUT2D eigenvalue weighted by molar-refractivity contribution is -0.121. The molecule has 4 nitrogen and oxygen atoms in total. The Bertz CT molecular complexity index is 862. The van der Waals surface area contributed by atoms with Crippen molar-refractivity contribution >= 4 is 16.8 Å². The van der Waals surface area contributed by atoms with Crippen LogP contribution in [-0.4, -0.2) is 23.6 Å². The van der Waals surface area contributed by atoms with Crippen molar-refractivity contribution in [2.45, 2.75) is 33.2 Å². The molecule has 0 fully saturated rings. The first-order chi connectivity index (χ1) is 12.6. The average Bonchev–Trinajstić information content (AvgIpc) is 3.04. The maximum Gasteiger partial charge on any atom is 0.220 e. The number of ether oxygens (including phenoxy) is 1. The van der Waals surface area contributed by atoms with Crippen molar-refractivity contribution in [1.29, 1.82) is 0 Å². The van der Waals surface area contributed by atoms with Crippen LogP contribution >= 0.6 is 0 Å². The highest BCUT2D eigenvalue weighted by Crippen LogP contribution is 2.22. The van der Waals surface area contributed by atoms with Crippen LogP contribution in [0.2, 0.25) is 0 Å². The summed E-state index contributed by atoms with van der Waals surface area (Å²) in [5.41, 5.74) is 3.46. The highest BCUT2D eigenvalue weighted by molar-refractivity contribution is 5.80. The molecule has 0 bridgehead atoms. The molecule has 0 spiro atoms. The molecule has 3 aromatic rings. The number of amides is 1. The number of hydrogen-bond donors (Lipinski definition) is 1. The Hall–Kier alpha value is -2.75. The van der Waals surface area contributed by atoms with E-state index in [0.717, 1.165) is 23.4 Å². The van der Waals surface area contributed by atoms with Gasteiger partial charge in [-0.2, -0.15) is 0 Å². The Morgan fingerprint density at radius 2 is 1.81 bits per heavy atom. The molecule has 1 aromatic heterocycles. The number of rotatable bonds is 8. The fraction of sp³-hybridized carbons (Fsp3) is 0.318. The van der Waals surface area contributed by atoms with Gasteiger partial charge in [-0.05, 0) is 48.9 Å². The maximum atomic E-state index is 12.0. The van der Waals surface area contributed by atoms with E-state index in [9.17, 15) is 4.79 Å². The molecule has 3 rings (SSSR count). The van der Waals surface area contributed by atoms with E-state index in [-0.39, 0.29) is 5.91 Å². The Morgan fingerprint density at radius 3 is 2.62 bits per heavy atom. The van der Waals surface area contributed by atoms with Crippen LogP contribution in [0, 0.1) is 13.8 Å². The summed E-state index contributed by atoms with van der Waals surface area (Å²) < 4.78 is 8.01. The van der Waals surface area contributed by atoms with Crippen LogP contribution in [0.15, 0.2) is 54.7 Å². The predicted molar refractivity (Wildman–Crippen MR) is 106 cm³/mol. The SMILES string of the molecule is Cc1cccc(C)c1OCCCC(=O)NCCn1ccc2ccccc21. The number of aromatic nitrogens is 1. The van der Waals surface area contributed by atoms with Crippen LogP contribution in [0.3, 0.4) is 0 Å². The molecular formula is C22H26N2O2. The molecule has 1 heterocycles. The van der Waals surface area contributed by atoms with Crippen molar-refractivity contribution in [3.05, 3.63) is 65.9 Å². The van der Waals surface area contributed by atoms with Gasteiger partial charge in [-0.15, -0.1) is 0 Å². The molecular weight excluding hydrogens is 324 g/mol. The normalized spacial score (nSPS) is 10.8. The maximum absolute atomic E-state index is 12.0. The monoisotopic (exact) mass is 350 g/mol. The third-order valence-corrected chi connectivity index (χ3v) is 4.56. The molecule has 0 saturated carbocycles. The van der Waals surface area contributed by atoms with Crippen molar-refractivity contribution in [3.8, 4) is 5.75 Å². The molecule has 0 saturated heterocycles. The van der Waals surface area contributed by atoms with Gasteiger partial charge in [0, 0.05) is 31.2 Å². The third kappa shape index (κ3) is 4.45. The van der Waals surface area contributed by atoms with Gasteiger partial charge >= 0.3 is 0 Å². The Morgan fingerprint density at radius 1 is 1.04 bits per heavy atom. The first-order valence-electron chi connectivity index (χ1n) is 9.15. The second kappa shape index (κ2) is 8.56. The minimum atomic E-state index is 0.0755. The van der Waals surface area contributed by atoms with E-state index in [1.807, 2.05) is 44.2 Å². The predicted octanol–water partition coefficient (Wildman–Crippen LogP) is 4.23. The van der Waals surface area contributed by atoms with Crippen LogP contribution in [0.25, 0.3) is 10.9 Å². The van der Waals surface area contributed by atoms with Crippen molar-refractivity contribution < 1.29 is 9.53 Å². The van der Waals surface area contributed by atoms with E-state index >= 15 is 0 Å². The first kappa shape index (κ1) is 18.1. The lowest BCUT2D eigenvalue weighted by Gasteiger charge is -2.12. The van der Waals surface area contributed by atoms with Gasteiger partial charge in [-0.25, -0.2) is 0 Å². The van der Waals surface area contributed by atoms with Crippen molar-refractivity contribution in [3.63, 3.8) is 0 Å². The van der Waals surface area contributed by atoms with E-state index in [0.29, 0.717) is 26.0 Å². The van der Waals surface area contributed by atoms with Crippen LogP contribution in [0.1, 0.15) is 24.0 Å². The van der Waals surface area contributed by atoms with E-state index in [4.69, 9.17) is 4.74 Å². The van der Waals surface area contributed by atoms with Gasteiger partial charge in [0.15, 0.2) is 0 Å². The quantitative estimate of drug-likeness (QED) is 0.618. The van der Waals surface area contributed by atoms with Gasteiger partial charge in [-0.1, -0.05) is 36.4 Å². The zero-order valence-electron chi connectivity index (χ0n) is 15.5. The molecule has 136 valence electrons. The smallest absolute Gasteiger partial charge is 0.220 e. The summed E-state index contributed by atoms with van der Waals surface area (Å²) in [7, 11) is 0. The number of fused-ring (bicyclic) bond motifs is 1. The third-order valence-electron chi connectivity index (χ3n) is 4.56. The highest BCUT2D eigenvalue weighted by atomic mass is 16.5.